The number of hydrogen-bond donors (Lipinski definition) is 2. The van der Waals surface area contributed by atoms with Crippen LogP contribution < -0.4 is 15.8 Å². The average molecular weight is 262 g/mol. The first-order valence-corrected chi connectivity index (χ1v) is 6.25. The number of aromatic nitrogens is 2. The summed E-state index contributed by atoms with van der Waals surface area (Å²) in [5.41, 5.74) is 7.48. The highest BCUT2D eigenvalue weighted by Crippen LogP contribution is 2.29. The van der Waals surface area contributed by atoms with Gasteiger partial charge in [-0.1, -0.05) is 11.2 Å². The summed E-state index contributed by atoms with van der Waals surface area (Å²) in [4.78, 5) is 4.14. The second-order valence-corrected chi connectivity index (χ2v) is 4.06. The van der Waals surface area contributed by atoms with E-state index in [0.717, 1.165) is 5.69 Å². The lowest BCUT2D eigenvalue weighted by atomic mass is 10.2. The van der Waals surface area contributed by atoms with Crippen LogP contribution in [0.4, 0.5) is 11.4 Å². The molecule has 0 aliphatic carbocycles. The third-order valence-electron chi connectivity index (χ3n) is 2.59. The van der Waals surface area contributed by atoms with Crippen LogP contribution in [0.3, 0.4) is 0 Å². The summed E-state index contributed by atoms with van der Waals surface area (Å²) >= 11 is 0. The Kier molecular flexibility index (Phi) is 4.22. The molecular formula is C13H18N4O2. The fourth-order valence-electron chi connectivity index (χ4n) is 1.73. The number of rotatable bonds is 6. The molecule has 2 rings (SSSR count). The molecule has 0 aliphatic heterocycles. The number of ether oxygens (including phenoxy) is 1. The van der Waals surface area contributed by atoms with Crippen LogP contribution in [0.1, 0.15) is 18.6 Å². The highest BCUT2D eigenvalue weighted by molar-refractivity contribution is 5.72. The molecule has 0 saturated carbocycles. The van der Waals surface area contributed by atoms with Crippen molar-refractivity contribution < 1.29 is 9.26 Å². The normalized spacial score (nSPS) is 10.4. The molecule has 1 aromatic heterocycles. The van der Waals surface area contributed by atoms with E-state index in [2.05, 4.69) is 15.5 Å². The summed E-state index contributed by atoms with van der Waals surface area (Å²) in [7, 11) is 0. The van der Waals surface area contributed by atoms with E-state index >= 15 is 0 Å². The van der Waals surface area contributed by atoms with Gasteiger partial charge in [-0.05, 0) is 26.0 Å². The number of nitrogens with zero attached hydrogens (tertiary/aromatic N) is 2. The van der Waals surface area contributed by atoms with Gasteiger partial charge in [-0.3, -0.25) is 0 Å². The number of aryl methyl sites for hydroxylation is 1. The lowest BCUT2D eigenvalue weighted by molar-refractivity contribution is 0.342. The smallest absolute Gasteiger partial charge is 0.228 e. The zero-order valence-electron chi connectivity index (χ0n) is 11.1. The minimum atomic E-state index is 0.592. The lowest BCUT2D eigenvalue weighted by Gasteiger charge is -2.12. The maximum atomic E-state index is 6.01. The van der Waals surface area contributed by atoms with Crippen LogP contribution in [0.2, 0.25) is 0 Å². The summed E-state index contributed by atoms with van der Waals surface area (Å²) in [5.74, 6) is 1.96. The van der Waals surface area contributed by atoms with Crippen molar-refractivity contribution in [3.05, 3.63) is 29.9 Å². The van der Waals surface area contributed by atoms with Gasteiger partial charge in [0.2, 0.25) is 5.89 Å². The van der Waals surface area contributed by atoms with Crippen LogP contribution in [0, 0.1) is 6.92 Å². The van der Waals surface area contributed by atoms with Gasteiger partial charge in [-0.25, -0.2) is 0 Å². The molecule has 0 saturated heterocycles. The minimum Gasteiger partial charge on any atom is -0.492 e. The third-order valence-corrected chi connectivity index (χ3v) is 2.59. The van der Waals surface area contributed by atoms with Crippen LogP contribution in [0.15, 0.2) is 22.7 Å². The Morgan fingerprint density at radius 1 is 1.42 bits per heavy atom. The number of anilines is 2. The molecule has 19 heavy (non-hydrogen) atoms. The van der Waals surface area contributed by atoms with Gasteiger partial charge < -0.3 is 20.3 Å². The van der Waals surface area contributed by atoms with E-state index in [4.69, 9.17) is 15.0 Å². The fourth-order valence-corrected chi connectivity index (χ4v) is 1.73. The Bertz CT molecular complexity index is 539. The number of para-hydroxylation sites is 1. The van der Waals surface area contributed by atoms with Crippen molar-refractivity contribution in [3.63, 3.8) is 0 Å². The van der Waals surface area contributed by atoms with Crippen LogP contribution in [0.5, 0.6) is 5.75 Å². The van der Waals surface area contributed by atoms with Crippen molar-refractivity contribution in [2.24, 2.45) is 0 Å². The van der Waals surface area contributed by atoms with E-state index in [1.165, 1.54) is 0 Å². The lowest BCUT2D eigenvalue weighted by Crippen LogP contribution is -2.08. The van der Waals surface area contributed by atoms with Gasteiger partial charge in [0.1, 0.15) is 5.75 Å². The van der Waals surface area contributed by atoms with Crippen molar-refractivity contribution >= 4 is 11.4 Å². The monoisotopic (exact) mass is 262 g/mol. The Morgan fingerprint density at radius 3 is 2.95 bits per heavy atom. The van der Waals surface area contributed by atoms with E-state index in [-0.39, 0.29) is 0 Å². The quantitative estimate of drug-likeness (QED) is 0.774. The molecule has 1 aromatic carbocycles. The molecule has 0 amide bonds. The Balaban J connectivity index is 1.94. The maximum absolute atomic E-state index is 6.01. The van der Waals surface area contributed by atoms with Gasteiger partial charge in [-0.15, -0.1) is 0 Å². The molecule has 1 heterocycles. The molecule has 6 nitrogen and oxygen atoms in total. The maximum Gasteiger partial charge on any atom is 0.228 e. The molecule has 0 unspecified atom stereocenters. The second kappa shape index (κ2) is 6.08. The van der Waals surface area contributed by atoms with Crippen LogP contribution in [0.25, 0.3) is 0 Å². The molecule has 0 spiro atoms. The fraction of sp³-hybridized carbons (Fsp3) is 0.385. The molecule has 0 fully saturated rings. The Morgan fingerprint density at radius 2 is 2.26 bits per heavy atom. The number of benzene rings is 1. The summed E-state index contributed by atoms with van der Waals surface area (Å²) in [6, 6.07) is 5.67. The number of nitrogen functional groups attached to an aromatic ring is 1. The molecule has 0 atom stereocenters. The zero-order valence-corrected chi connectivity index (χ0v) is 11.1. The summed E-state index contributed by atoms with van der Waals surface area (Å²) < 4.78 is 10.5. The van der Waals surface area contributed by atoms with Crippen LogP contribution in [-0.4, -0.2) is 23.3 Å². The Labute approximate surface area is 112 Å². The van der Waals surface area contributed by atoms with Crippen LogP contribution in [-0.2, 0) is 6.42 Å². The molecule has 0 aliphatic rings. The predicted octanol–water partition coefficient (Wildman–Crippen LogP) is 2.01. The van der Waals surface area contributed by atoms with Crippen molar-refractivity contribution in [1.29, 1.82) is 0 Å². The van der Waals surface area contributed by atoms with Crippen LogP contribution >= 0.6 is 0 Å². The first-order chi connectivity index (χ1) is 9.20. The van der Waals surface area contributed by atoms with E-state index in [1.807, 2.05) is 25.1 Å². The van der Waals surface area contributed by atoms with Gasteiger partial charge in [0.15, 0.2) is 5.82 Å². The molecule has 0 radical (unpaired) electrons. The molecule has 102 valence electrons. The predicted molar refractivity (Wildman–Crippen MR) is 73.3 cm³/mol. The van der Waals surface area contributed by atoms with E-state index in [9.17, 15) is 0 Å². The molecular weight excluding hydrogens is 244 g/mol. The summed E-state index contributed by atoms with van der Waals surface area (Å²) in [6.45, 7) is 4.98. The molecule has 0 bridgehead atoms. The number of nitrogens with two attached hydrogens (primary N) is 1. The van der Waals surface area contributed by atoms with Crippen molar-refractivity contribution in [2.45, 2.75) is 20.3 Å². The van der Waals surface area contributed by atoms with Crippen molar-refractivity contribution in [2.75, 3.05) is 24.2 Å². The summed E-state index contributed by atoms with van der Waals surface area (Å²) in [6.07, 6.45) is 0.652. The average Bonchev–Trinajstić information content (AvgIpc) is 2.80. The van der Waals surface area contributed by atoms with Gasteiger partial charge in [0.05, 0.1) is 18.0 Å². The highest BCUT2D eigenvalue weighted by Gasteiger charge is 2.06. The number of nitrogens with one attached hydrogen (secondary N) is 1. The molecule has 6 heteroatoms. The van der Waals surface area contributed by atoms with E-state index in [1.54, 1.807) is 6.92 Å². The van der Waals surface area contributed by atoms with Gasteiger partial charge in [0.25, 0.3) is 0 Å². The summed E-state index contributed by atoms with van der Waals surface area (Å²) in [5, 5.41) is 6.98. The highest BCUT2D eigenvalue weighted by atomic mass is 16.5. The topological polar surface area (TPSA) is 86.2 Å². The van der Waals surface area contributed by atoms with E-state index in [0.29, 0.717) is 42.7 Å². The SMILES string of the molecule is CCOc1cccc(NCCc2nc(C)no2)c1N. The van der Waals surface area contributed by atoms with Gasteiger partial charge in [0, 0.05) is 13.0 Å². The van der Waals surface area contributed by atoms with Crippen molar-refractivity contribution in [3.8, 4) is 5.75 Å². The first-order valence-electron chi connectivity index (χ1n) is 6.25. The second-order valence-electron chi connectivity index (χ2n) is 4.06. The third kappa shape index (κ3) is 3.37. The molecule has 2 aromatic rings. The zero-order chi connectivity index (χ0) is 13.7. The standard InChI is InChI=1S/C13H18N4O2/c1-3-18-11-6-4-5-10(13(11)14)15-8-7-12-16-9(2)17-19-12/h4-6,15H,3,7-8,14H2,1-2H3. The minimum absolute atomic E-state index is 0.592. The van der Waals surface area contributed by atoms with Gasteiger partial charge in [-0.2, -0.15) is 4.98 Å². The van der Waals surface area contributed by atoms with Gasteiger partial charge >= 0.3 is 0 Å². The first kappa shape index (κ1) is 13.2. The van der Waals surface area contributed by atoms with E-state index < -0.39 is 0 Å². The number of hydrogen-bond acceptors (Lipinski definition) is 6. The Hall–Kier alpha value is -2.24. The largest absolute Gasteiger partial charge is 0.492 e. The molecule has 3 N–H and O–H groups in total. The van der Waals surface area contributed by atoms with Crippen molar-refractivity contribution in [1.82, 2.24) is 10.1 Å².